The zero-order valence-corrected chi connectivity index (χ0v) is 16.0. The molecular formula is C20H30N4O. The Morgan fingerprint density at radius 2 is 1.92 bits per heavy atom. The number of aromatic nitrogens is 1. The lowest BCUT2D eigenvalue weighted by molar-refractivity contribution is 0.392. The molecule has 1 heterocycles. The number of aryl methyl sites for hydroxylation is 2. The Morgan fingerprint density at radius 3 is 2.52 bits per heavy atom. The van der Waals surface area contributed by atoms with Gasteiger partial charge in [-0.15, -0.1) is 0 Å². The molecule has 1 aromatic heterocycles. The maximum absolute atomic E-state index is 5.22. The zero-order valence-electron chi connectivity index (χ0n) is 16.0. The molecule has 5 nitrogen and oxygen atoms in total. The smallest absolute Gasteiger partial charge is 0.191 e. The van der Waals surface area contributed by atoms with Crippen LogP contribution in [0.25, 0.3) is 0 Å². The summed E-state index contributed by atoms with van der Waals surface area (Å²) in [5.74, 6) is 2.13. The van der Waals surface area contributed by atoms with Gasteiger partial charge in [0.1, 0.15) is 5.76 Å². The monoisotopic (exact) mass is 342 g/mol. The van der Waals surface area contributed by atoms with Crippen molar-refractivity contribution in [2.75, 3.05) is 13.1 Å². The Balaban J connectivity index is 1.97. The first-order valence-electron chi connectivity index (χ1n) is 9.04. The van der Waals surface area contributed by atoms with Crippen LogP contribution >= 0.6 is 0 Å². The van der Waals surface area contributed by atoms with Crippen LogP contribution in [0.15, 0.2) is 39.8 Å². The molecule has 1 aromatic carbocycles. The molecule has 136 valence electrons. The Hall–Kier alpha value is -2.30. The van der Waals surface area contributed by atoms with Crippen molar-refractivity contribution in [2.45, 2.75) is 53.0 Å². The predicted octanol–water partition coefficient (Wildman–Crippen LogP) is 3.58. The molecule has 0 saturated heterocycles. The van der Waals surface area contributed by atoms with Crippen LogP contribution in [0.3, 0.4) is 0 Å². The van der Waals surface area contributed by atoms with E-state index < -0.39 is 0 Å². The van der Waals surface area contributed by atoms with E-state index in [-0.39, 0.29) is 6.04 Å². The molecule has 0 bridgehead atoms. The highest BCUT2D eigenvalue weighted by Gasteiger charge is 2.15. The van der Waals surface area contributed by atoms with Crippen LogP contribution in [-0.4, -0.2) is 30.2 Å². The lowest BCUT2D eigenvalue weighted by Crippen LogP contribution is -2.44. The number of hydrogen-bond acceptors (Lipinski definition) is 3. The minimum atomic E-state index is 0.277. The third-order valence-corrected chi connectivity index (χ3v) is 4.60. The van der Waals surface area contributed by atoms with Crippen LogP contribution in [0.5, 0.6) is 0 Å². The molecule has 0 amide bonds. The molecular weight excluding hydrogens is 312 g/mol. The summed E-state index contributed by atoms with van der Waals surface area (Å²) in [6, 6.07) is 10.8. The van der Waals surface area contributed by atoms with Gasteiger partial charge in [0.05, 0.1) is 5.69 Å². The lowest BCUT2D eigenvalue weighted by Gasteiger charge is -2.24. The number of rotatable bonds is 7. The average Bonchev–Trinajstić information content (AvgIpc) is 2.93. The normalized spacial score (nSPS) is 14.2. The van der Waals surface area contributed by atoms with Gasteiger partial charge in [-0.3, -0.25) is 4.99 Å². The molecule has 0 saturated carbocycles. The van der Waals surface area contributed by atoms with E-state index in [0.717, 1.165) is 35.9 Å². The molecule has 0 fully saturated rings. The second-order valence-corrected chi connectivity index (χ2v) is 6.45. The molecule has 2 aromatic rings. The molecule has 2 rings (SSSR count). The fourth-order valence-electron chi connectivity index (χ4n) is 2.84. The molecule has 0 radical (unpaired) electrons. The van der Waals surface area contributed by atoms with E-state index in [0.29, 0.717) is 12.5 Å². The standard InChI is InChI=1S/C20H30N4O/c1-6-21-20(22-13-12-19-16(4)24-25-17(19)5)23-15(3)14(2)18-10-8-7-9-11-18/h7-11,14-15H,6,12-13H2,1-5H3,(H2,21,22,23). The predicted molar refractivity (Wildman–Crippen MR) is 103 cm³/mol. The van der Waals surface area contributed by atoms with Gasteiger partial charge < -0.3 is 15.2 Å². The Morgan fingerprint density at radius 1 is 1.20 bits per heavy atom. The highest BCUT2D eigenvalue weighted by molar-refractivity contribution is 5.80. The number of nitrogens with one attached hydrogen (secondary N) is 2. The number of nitrogens with zero attached hydrogens (tertiary/aromatic N) is 2. The number of benzene rings is 1. The van der Waals surface area contributed by atoms with Crippen molar-refractivity contribution in [3.63, 3.8) is 0 Å². The van der Waals surface area contributed by atoms with Crippen molar-refractivity contribution < 1.29 is 4.52 Å². The van der Waals surface area contributed by atoms with Gasteiger partial charge >= 0.3 is 0 Å². The quantitative estimate of drug-likeness (QED) is 0.596. The number of hydrogen-bond donors (Lipinski definition) is 2. The maximum atomic E-state index is 5.22. The van der Waals surface area contributed by atoms with Gasteiger partial charge in [-0.25, -0.2) is 0 Å². The van der Waals surface area contributed by atoms with E-state index in [4.69, 9.17) is 9.52 Å². The fourth-order valence-corrected chi connectivity index (χ4v) is 2.84. The van der Waals surface area contributed by atoms with Crippen molar-refractivity contribution >= 4 is 5.96 Å². The van der Waals surface area contributed by atoms with Crippen molar-refractivity contribution in [1.29, 1.82) is 0 Å². The molecule has 2 N–H and O–H groups in total. The van der Waals surface area contributed by atoms with E-state index in [2.05, 4.69) is 66.9 Å². The van der Waals surface area contributed by atoms with Crippen LogP contribution in [0, 0.1) is 13.8 Å². The molecule has 0 aliphatic carbocycles. The van der Waals surface area contributed by atoms with Crippen LogP contribution in [0.2, 0.25) is 0 Å². The van der Waals surface area contributed by atoms with Gasteiger partial charge in [0.2, 0.25) is 0 Å². The number of guanidine groups is 1. The second-order valence-electron chi connectivity index (χ2n) is 6.45. The summed E-state index contributed by atoms with van der Waals surface area (Å²) in [6.45, 7) is 12.0. The van der Waals surface area contributed by atoms with E-state index in [9.17, 15) is 0 Å². The highest BCUT2D eigenvalue weighted by Crippen LogP contribution is 2.18. The van der Waals surface area contributed by atoms with Crippen LogP contribution in [0.4, 0.5) is 0 Å². The van der Waals surface area contributed by atoms with E-state index in [1.807, 2.05) is 13.8 Å². The van der Waals surface area contributed by atoms with E-state index >= 15 is 0 Å². The highest BCUT2D eigenvalue weighted by atomic mass is 16.5. The minimum absolute atomic E-state index is 0.277. The largest absolute Gasteiger partial charge is 0.361 e. The first-order valence-corrected chi connectivity index (χ1v) is 9.04. The summed E-state index contributed by atoms with van der Waals surface area (Å²) >= 11 is 0. The lowest BCUT2D eigenvalue weighted by atomic mass is 9.94. The third kappa shape index (κ3) is 5.34. The average molecular weight is 342 g/mol. The molecule has 0 spiro atoms. The van der Waals surface area contributed by atoms with Crippen LogP contribution in [-0.2, 0) is 6.42 Å². The van der Waals surface area contributed by atoms with Crippen LogP contribution < -0.4 is 10.6 Å². The van der Waals surface area contributed by atoms with Gasteiger partial charge in [0, 0.05) is 30.6 Å². The Kier molecular flexibility index (Phi) is 7.04. The van der Waals surface area contributed by atoms with Crippen molar-refractivity contribution in [1.82, 2.24) is 15.8 Å². The van der Waals surface area contributed by atoms with E-state index in [1.54, 1.807) is 0 Å². The van der Waals surface area contributed by atoms with Gasteiger partial charge in [0.15, 0.2) is 5.96 Å². The summed E-state index contributed by atoms with van der Waals surface area (Å²) in [5.41, 5.74) is 3.44. The van der Waals surface area contributed by atoms with Gasteiger partial charge in [0.25, 0.3) is 0 Å². The van der Waals surface area contributed by atoms with Crippen molar-refractivity contribution in [3.8, 4) is 0 Å². The summed E-state index contributed by atoms with van der Waals surface area (Å²) in [7, 11) is 0. The molecule has 2 atom stereocenters. The first-order chi connectivity index (χ1) is 12.0. The molecule has 0 aliphatic heterocycles. The van der Waals surface area contributed by atoms with Crippen molar-refractivity contribution in [2.24, 2.45) is 4.99 Å². The topological polar surface area (TPSA) is 62.5 Å². The van der Waals surface area contributed by atoms with Crippen LogP contribution in [0.1, 0.15) is 49.3 Å². The van der Waals surface area contributed by atoms with Gasteiger partial charge in [-0.05, 0) is 39.7 Å². The Labute approximate surface area is 150 Å². The first kappa shape index (κ1) is 19.0. The number of aliphatic imine (C=N–C) groups is 1. The van der Waals surface area contributed by atoms with Crippen molar-refractivity contribution in [3.05, 3.63) is 52.9 Å². The SMILES string of the molecule is CCNC(=NCCc1c(C)noc1C)NC(C)C(C)c1ccccc1. The third-order valence-electron chi connectivity index (χ3n) is 4.60. The van der Waals surface area contributed by atoms with E-state index in [1.165, 1.54) is 5.56 Å². The van der Waals surface area contributed by atoms with Gasteiger partial charge in [-0.1, -0.05) is 42.4 Å². The maximum Gasteiger partial charge on any atom is 0.191 e. The fraction of sp³-hybridized carbons (Fsp3) is 0.500. The summed E-state index contributed by atoms with van der Waals surface area (Å²) in [4.78, 5) is 4.71. The molecule has 2 unspecified atom stereocenters. The zero-order chi connectivity index (χ0) is 18.2. The summed E-state index contributed by atoms with van der Waals surface area (Å²) < 4.78 is 5.22. The molecule has 5 heteroatoms. The Bertz CT molecular complexity index is 659. The minimum Gasteiger partial charge on any atom is -0.361 e. The summed E-state index contributed by atoms with van der Waals surface area (Å²) in [5, 5.41) is 10.9. The molecule has 25 heavy (non-hydrogen) atoms. The molecule has 0 aliphatic rings. The summed E-state index contributed by atoms with van der Waals surface area (Å²) in [6.07, 6.45) is 0.834. The van der Waals surface area contributed by atoms with Gasteiger partial charge in [-0.2, -0.15) is 0 Å². The second kappa shape index (κ2) is 9.25.